The number of rotatable bonds is 2. The van der Waals surface area contributed by atoms with Gasteiger partial charge in [-0.25, -0.2) is 4.39 Å². The highest BCUT2D eigenvalue weighted by Crippen LogP contribution is 2.24. The van der Waals surface area contributed by atoms with Crippen molar-refractivity contribution in [2.24, 2.45) is 0 Å². The van der Waals surface area contributed by atoms with Crippen LogP contribution in [0.25, 0.3) is 10.8 Å². The van der Waals surface area contributed by atoms with Gasteiger partial charge in [0.15, 0.2) is 5.11 Å². The lowest BCUT2D eigenvalue weighted by Crippen LogP contribution is -2.19. The van der Waals surface area contributed by atoms with E-state index in [4.69, 9.17) is 12.2 Å². The SMILES string of the molecule is Fc1cc(Br)ccc1NC(=S)Nc1cccc2ccccc12. The molecule has 0 saturated heterocycles. The van der Waals surface area contributed by atoms with Gasteiger partial charge in [-0.05, 0) is 41.9 Å². The van der Waals surface area contributed by atoms with Crippen LogP contribution in [0.4, 0.5) is 15.8 Å². The van der Waals surface area contributed by atoms with Crippen LogP contribution in [0.3, 0.4) is 0 Å². The van der Waals surface area contributed by atoms with Crippen molar-refractivity contribution in [3.63, 3.8) is 0 Å². The molecule has 0 aliphatic heterocycles. The summed E-state index contributed by atoms with van der Waals surface area (Å²) in [6, 6.07) is 18.7. The molecule has 0 spiro atoms. The molecule has 22 heavy (non-hydrogen) atoms. The molecule has 5 heteroatoms. The standard InChI is InChI=1S/C17H12BrFN2S/c18-12-8-9-16(14(19)10-12)21-17(22)20-15-7-3-5-11-4-1-2-6-13(11)15/h1-10H,(H2,20,21,22). The van der Waals surface area contributed by atoms with E-state index in [1.54, 1.807) is 12.1 Å². The van der Waals surface area contributed by atoms with Crippen LogP contribution >= 0.6 is 28.1 Å². The maximum atomic E-state index is 13.8. The Morgan fingerprint density at radius 1 is 0.909 bits per heavy atom. The molecule has 0 aliphatic carbocycles. The molecule has 3 aromatic carbocycles. The maximum absolute atomic E-state index is 13.8. The van der Waals surface area contributed by atoms with Gasteiger partial charge in [-0.3, -0.25) is 0 Å². The Labute approximate surface area is 141 Å². The molecule has 3 rings (SSSR count). The van der Waals surface area contributed by atoms with E-state index in [1.807, 2.05) is 42.5 Å². The fourth-order valence-electron chi connectivity index (χ4n) is 2.20. The summed E-state index contributed by atoms with van der Waals surface area (Å²) in [5.74, 6) is -0.364. The molecule has 2 nitrogen and oxygen atoms in total. The van der Waals surface area contributed by atoms with Crippen molar-refractivity contribution in [1.29, 1.82) is 0 Å². The molecule has 0 atom stereocenters. The quantitative estimate of drug-likeness (QED) is 0.575. The Hall–Kier alpha value is -1.98. The molecule has 0 saturated carbocycles. The number of hydrogen-bond donors (Lipinski definition) is 2. The van der Waals surface area contributed by atoms with Gasteiger partial charge in [0.2, 0.25) is 0 Å². The average Bonchev–Trinajstić information content (AvgIpc) is 2.50. The highest BCUT2D eigenvalue weighted by Gasteiger charge is 2.06. The molecular weight excluding hydrogens is 363 g/mol. The van der Waals surface area contributed by atoms with Crippen LogP contribution in [0, 0.1) is 5.82 Å². The first-order chi connectivity index (χ1) is 10.6. The van der Waals surface area contributed by atoms with Crippen LogP contribution in [-0.4, -0.2) is 5.11 Å². The molecule has 0 aliphatic rings. The van der Waals surface area contributed by atoms with Gasteiger partial charge in [-0.1, -0.05) is 52.3 Å². The summed E-state index contributed by atoms with van der Waals surface area (Å²) in [6.07, 6.45) is 0. The summed E-state index contributed by atoms with van der Waals surface area (Å²) in [5, 5.41) is 8.51. The van der Waals surface area contributed by atoms with Crippen molar-refractivity contribution in [2.75, 3.05) is 10.6 Å². The van der Waals surface area contributed by atoms with Gasteiger partial charge in [0.05, 0.1) is 5.69 Å². The maximum Gasteiger partial charge on any atom is 0.175 e. The number of hydrogen-bond acceptors (Lipinski definition) is 1. The first kappa shape index (κ1) is 14.9. The van der Waals surface area contributed by atoms with E-state index < -0.39 is 0 Å². The molecule has 0 bridgehead atoms. The third kappa shape index (κ3) is 3.26. The van der Waals surface area contributed by atoms with E-state index in [9.17, 15) is 4.39 Å². The minimum absolute atomic E-state index is 0.334. The highest BCUT2D eigenvalue weighted by molar-refractivity contribution is 9.10. The van der Waals surface area contributed by atoms with Gasteiger partial charge in [-0.2, -0.15) is 0 Å². The first-order valence-corrected chi connectivity index (χ1v) is 7.84. The van der Waals surface area contributed by atoms with Gasteiger partial charge in [0.1, 0.15) is 5.82 Å². The van der Waals surface area contributed by atoms with Gasteiger partial charge in [0.25, 0.3) is 0 Å². The molecular formula is C17H12BrFN2S. The molecule has 110 valence electrons. The lowest BCUT2D eigenvalue weighted by Gasteiger charge is -2.13. The van der Waals surface area contributed by atoms with Crippen molar-refractivity contribution >= 4 is 55.4 Å². The highest BCUT2D eigenvalue weighted by atomic mass is 79.9. The van der Waals surface area contributed by atoms with E-state index in [2.05, 4.69) is 26.6 Å². The van der Waals surface area contributed by atoms with Crippen LogP contribution < -0.4 is 10.6 Å². The Balaban J connectivity index is 1.81. The van der Waals surface area contributed by atoms with E-state index in [0.29, 0.717) is 15.3 Å². The molecule has 2 N–H and O–H groups in total. The number of nitrogens with one attached hydrogen (secondary N) is 2. The third-order valence-electron chi connectivity index (χ3n) is 3.22. The Bertz CT molecular complexity index is 846. The van der Waals surface area contributed by atoms with Gasteiger partial charge in [0, 0.05) is 15.5 Å². The van der Waals surface area contributed by atoms with Crippen molar-refractivity contribution < 1.29 is 4.39 Å². The minimum atomic E-state index is -0.364. The average molecular weight is 375 g/mol. The van der Waals surface area contributed by atoms with Gasteiger partial charge in [-0.15, -0.1) is 0 Å². The number of halogens is 2. The summed E-state index contributed by atoms with van der Waals surface area (Å²) in [7, 11) is 0. The fourth-order valence-corrected chi connectivity index (χ4v) is 2.75. The predicted molar refractivity (Wildman–Crippen MR) is 97.9 cm³/mol. The van der Waals surface area contributed by atoms with E-state index in [0.717, 1.165) is 16.5 Å². The van der Waals surface area contributed by atoms with Crippen molar-refractivity contribution in [1.82, 2.24) is 0 Å². The molecule has 0 radical (unpaired) electrons. The largest absolute Gasteiger partial charge is 0.332 e. The fraction of sp³-hybridized carbons (Fsp3) is 0. The summed E-state index contributed by atoms with van der Waals surface area (Å²) < 4.78 is 14.5. The summed E-state index contributed by atoms with van der Waals surface area (Å²) in [6.45, 7) is 0. The van der Waals surface area contributed by atoms with Gasteiger partial charge >= 0.3 is 0 Å². The van der Waals surface area contributed by atoms with Crippen molar-refractivity contribution in [3.8, 4) is 0 Å². The van der Waals surface area contributed by atoms with Crippen LogP contribution in [0.1, 0.15) is 0 Å². The number of anilines is 2. The summed E-state index contributed by atoms with van der Waals surface area (Å²) in [5.41, 5.74) is 1.22. The van der Waals surface area contributed by atoms with Crippen molar-refractivity contribution in [3.05, 3.63) is 71.0 Å². The second-order valence-corrected chi connectivity index (χ2v) is 6.05. The van der Waals surface area contributed by atoms with Crippen LogP contribution in [0.15, 0.2) is 65.1 Å². The Kier molecular flexibility index (Phi) is 4.36. The van der Waals surface area contributed by atoms with E-state index >= 15 is 0 Å². The van der Waals surface area contributed by atoms with Crippen LogP contribution in [0.2, 0.25) is 0 Å². The number of thiocarbonyl (C=S) groups is 1. The van der Waals surface area contributed by atoms with Crippen LogP contribution in [-0.2, 0) is 0 Å². The smallest absolute Gasteiger partial charge is 0.175 e. The second kappa shape index (κ2) is 6.42. The predicted octanol–water partition coefficient (Wildman–Crippen LogP) is 5.55. The second-order valence-electron chi connectivity index (χ2n) is 4.73. The topological polar surface area (TPSA) is 24.1 Å². The normalized spacial score (nSPS) is 10.5. The number of benzene rings is 3. The minimum Gasteiger partial charge on any atom is -0.332 e. The zero-order chi connectivity index (χ0) is 15.5. The molecule has 3 aromatic rings. The molecule has 0 fully saturated rings. The third-order valence-corrected chi connectivity index (χ3v) is 3.91. The molecule has 0 heterocycles. The van der Waals surface area contributed by atoms with E-state index in [-0.39, 0.29) is 5.82 Å². The zero-order valence-corrected chi connectivity index (χ0v) is 13.8. The van der Waals surface area contributed by atoms with Gasteiger partial charge < -0.3 is 10.6 Å². The molecule has 0 unspecified atom stereocenters. The lowest BCUT2D eigenvalue weighted by molar-refractivity contribution is 0.631. The zero-order valence-electron chi connectivity index (χ0n) is 11.4. The summed E-state index contributed by atoms with van der Waals surface area (Å²) in [4.78, 5) is 0. The lowest BCUT2D eigenvalue weighted by atomic mass is 10.1. The Morgan fingerprint density at radius 2 is 1.64 bits per heavy atom. The Morgan fingerprint density at radius 3 is 2.45 bits per heavy atom. The summed E-state index contributed by atoms with van der Waals surface area (Å²) >= 11 is 8.50. The number of fused-ring (bicyclic) bond motifs is 1. The monoisotopic (exact) mass is 374 g/mol. The first-order valence-electron chi connectivity index (χ1n) is 6.64. The van der Waals surface area contributed by atoms with Crippen molar-refractivity contribution in [2.45, 2.75) is 0 Å². The van der Waals surface area contributed by atoms with E-state index in [1.165, 1.54) is 6.07 Å². The molecule has 0 amide bonds. The van der Waals surface area contributed by atoms with Crippen LogP contribution in [0.5, 0.6) is 0 Å². The molecule has 0 aromatic heterocycles.